The van der Waals surface area contributed by atoms with Crippen molar-refractivity contribution in [2.45, 2.75) is 26.9 Å². The number of methoxy groups -OCH3 is 1. The van der Waals surface area contributed by atoms with E-state index < -0.39 is 0 Å². The zero-order valence-electron chi connectivity index (χ0n) is 13.1. The summed E-state index contributed by atoms with van der Waals surface area (Å²) in [5.74, 6) is 0.877. The van der Waals surface area contributed by atoms with Crippen molar-refractivity contribution in [3.63, 3.8) is 0 Å². The fourth-order valence-corrected chi connectivity index (χ4v) is 2.23. The van der Waals surface area contributed by atoms with Gasteiger partial charge in [0.2, 0.25) is 0 Å². The monoisotopic (exact) mass is 288 g/mol. The van der Waals surface area contributed by atoms with Crippen LogP contribution in [0.5, 0.6) is 5.75 Å². The average molecular weight is 288 g/mol. The molecule has 0 aliphatic rings. The quantitative estimate of drug-likeness (QED) is 0.756. The predicted molar refractivity (Wildman–Crippen MR) is 86.0 cm³/mol. The Morgan fingerprint density at radius 2 is 2.05 bits per heavy atom. The van der Waals surface area contributed by atoms with E-state index in [1.165, 1.54) is 11.3 Å². The first-order valence-electron chi connectivity index (χ1n) is 7.35. The summed E-state index contributed by atoms with van der Waals surface area (Å²) in [4.78, 5) is 0. The first-order valence-corrected chi connectivity index (χ1v) is 7.35. The Hall–Kier alpha value is -1.94. The summed E-state index contributed by atoms with van der Waals surface area (Å²) < 4.78 is 13.1. The summed E-state index contributed by atoms with van der Waals surface area (Å²) >= 11 is 0. The maximum atomic E-state index is 5.79. The van der Waals surface area contributed by atoms with Crippen molar-refractivity contribution >= 4 is 5.69 Å². The zero-order valence-corrected chi connectivity index (χ0v) is 13.1. The van der Waals surface area contributed by atoms with E-state index in [2.05, 4.69) is 60.3 Å². The van der Waals surface area contributed by atoms with Crippen LogP contribution in [0.3, 0.4) is 0 Å². The van der Waals surface area contributed by atoms with Crippen molar-refractivity contribution in [2.24, 2.45) is 0 Å². The molecule has 0 aliphatic heterocycles. The van der Waals surface area contributed by atoms with Gasteiger partial charge in [-0.2, -0.15) is 0 Å². The molecule has 1 aromatic heterocycles. The number of aromatic nitrogens is 1. The highest BCUT2D eigenvalue weighted by Gasteiger charge is 2.05. The number of nitrogens with one attached hydrogen (secondary N) is 1. The molecule has 0 aliphatic carbocycles. The number of benzene rings is 1. The number of rotatable bonds is 8. The Morgan fingerprint density at radius 1 is 1.19 bits per heavy atom. The topological polar surface area (TPSA) is 35.4 Å². The van der Waals surface area contributed by atoms with Crippen molar-refractivity contribution < 1.29 is 9.47 Å². The van der Waals surface area contributed by atoms with Crippen molar-refractivity contribution in [2.75, 3.05) is 25.6 Å². The molecule has 2 rings (SSSR count). The summed E-state index contributed by atoms with van der Waals surface area (Å²) in [5.41, 5.74) is 3.46. The Morgan fingerprint density at radius 3 is 2.81 bits per heavy atom. The number of aryl methyl sites for hydroxylation is 2. The minimum atomic E-state index is 0.556. The second-order valence-electron chi connectivity index (χ2n) is 4.98. The van der Waals surface area contributed by atoms with Gasteiger partial charge >= 0.3 is 0 Å². The molecule has 114 valence electrons. The van der Waals surface area contributed by atoms with Gasteiger partial charge in [-0.3, -0.25) is 0 Å². The molecule has 4 heteroatoms. The van der Waals surface area contributed by atoms with E-state index in [1.54, 1.807) is 7.11 Å². The van der Waals surface area contributed by atoms with E-state index in [0.717, 1.165) is 24.5 Å². The van der Waals surface area contributed by atoms with Gasteiger partial charge in [-0.05, 0) is 43.7 Å². The van der Waals surface area contributed by atoms with Gasteiger partial charge in [-0.1, -0.05) is 6.07 Å². The molecule has 0 atom stereocenters. The third-order valence-electron chi connectivity index (χ3n) is 3.41. The molecule has 2 aromatic rings. The lowest BCUT2D eigenvalue weighted by Crippen LogP contribution is -2.09. The summed E-state index contributed by atoms with van der Waals surface area (Å²) in [6.07, 6.45) is 2.10. The Labute approximate surface area is 126 Å². The molecule has 0 bridgehead atoms. The lowest BCUT2D eigenvalue weighted by Gasteiger charge is -2.15. The van der Waals surface area contributed by atoms with Crippen LogP contribution in [0, 0.1) is 6.92 Å². The van der Waals surface area contributed by atoms with Crippen LogP contribution in [-0.4, -0.2) is 24.9 Å². The second kappa shape index (κ2) is 7.74. The molecule has 4 nitrogen and oxygen atoms in total. The van der Waals surface area contributed by atoms with Crippen LogP contribution in [-0.2, 0) is 17.8 Å². The van der Waals surface area contributed by atoms with Crippen LogP contribution in [0.2, 0.25) is 0 Å². The van der Waals surface area contributed by atoms with Crippen LogP contribution < -0.4 is 10.1 Å². The maximum absolute atomic E-state index is 5.79. The van der Waals surface area contributed by atoms with Crippen LogP contribution in [0.25, 0.3) is 0 Å². The van der Waals surface area contributed by atoms with E-state index in [9.17, 15) is 0 Å². The third kappa shape index (κ3) is 4.26. The first-order chi connectivity index (χ1) is 10.2. The van der Waals surface area contributed by atoms with Gasteiger partial charge in [-0.25, -0.2) is 0 Å². The molecule has 0 saturated carbocycles. The average Bonchev–Trinajstić information content (AvgIpc) is 2.94. The lowest BCUT2D eigenvalue weighted by molar-refractivity contribution is 0.146. The molecule has 1 N–H and O–H groups in total. The smallest absolute Gasteiger partial charge is 0.142 e. The fourth-order valence-electron chi connectivity index (χ4n) is 2.23. The minimum absolute atomic E-state index is 0.556. The van der Waals surface area contributed by atoms with Gasteiger partial charge in [0, 0.05) is 25.5 Å². The predicted octanol–water partition coefficient (Wildman–Crippen LogP) is 3.45. The van der Waals surface area contributed by atoms with Gasteiger partial charge in [0.05, 0.1) is 18.8 Å². The molecule has 0 fully saturated rings. The van der Waals surface area contributed by atoms with Crippen molar-refractivity contribution in [1.29, 1.82) is 0 Å². The molecule has 0 amide bonds. The summed E-state index contributed by atoms with van der Waals surface area (Å²) in [6, 6.07) is 10.4. The SMILES string of the molecule is CCn1cccc1CNc1ccc(C)cc1OCCOC. The van der Waals surface area contributed by atoms with Crippen LogP contribution >= 0.6 is 0 Å². The molecule has 0 spiro atoms. The second-order valence-corrected chi connectivity index (χ2v) is 4.98. The van der Waals surface area contributed by atoms with Gasteiger partial charge in [0.15, 0.2) is 0 Å². The normalized spacial score (nSPS) is 10.6. The number of ether oxygens (including phenoxy) is 2. The van der Waals surface area contributed by atoms with Crippen molar-refractivity contribution in [1.82, 2.24) is 4.57 Å². The number of hydrogen-bond donors (Lipinski definition) is 1. The largest absolute Gasteiger partial charge is 0.489 e. The molecular weight excluding hydrogens is 264 g/mol. The Kier molecular flexibility index (Phi) is 5.69. The Balaban J connectivity index is 2.04. The molecule has 0 unspecified atom stereocenters. The van der Waals surface area contributed by atoms with Crippen molar-refractivity contribution in [3.05, 3.63) is 47.8 Å². The molecule has 1 heterocycles. The first kappa shape index (κ1) is 15.4. The van der Waals surface area contributed by atoms with Gasteiger partial charge in [0.25, 0.3) is 0 Å². The highest BCUT2D eigenvalue weighted by Crippen LogP contribution is 2.26. The third-order valence-corrected chi connectivity index (χ3v) is 3.41. The van der Waals surface area contributed by atoms with E-state index in [0.29, 0.717) is 13.2 Å². The van der Waals surface area contributed by atoms with Crippen LogP contribution in [0.4, 0.5) is 5.69 Å². The van der Waals surface area contributed by atoms with E-state index in [-0.39, 0.29) is 0 Å². The summed E-state index contributed by atoms with van der Waals surface area (Å²) in [6.45, 7) is 7.12. The molecule has 21 heavy (non-hydrogen) atoms. The van der Waals surface area contributed by atoms with Crippen LogP contribution in [0.1, 0.15) is 18.2 Å². The van der Waals surface area contributed by atoms with E-state index in [4.69, 9.17) is 9.47 Å². The molecular formula is C17H24N2O2. The van der Waals surface area contributed by atoms with Crippen molar-refractivity contribution in [3.8, 4) is 5.75 Å². The lowest BCUT2D eigenvalue weighted by atomic mass is 10.2. The number of hydrogen-bond acceptors (Lipinski definition) is 3. The Bertz CT molecular complexity index is 564. The van der Waals surface area contributed by atoms with Crippen LogP contribution in [0.15, 0.2) is 36.5 Å². The van der Waals surface area contributed by atoms with Gasteiger partial charge in [-0.15, -0.1) is 0 Å². The number of anilines is 1. The maximum Gasteiger partial charge on any atom is 0.142 e. The highest BCUT2D eigenvalue weighted by molar-refractivity contribution is 5.57. The minimum Gasteiger partial charge on any atom is -0.489 e. The number of nitrogens with zero attached hydrogens (tertiary/aromatic N) is 1. The van der Waals surface area contributed by atoms with Gasteiger partial charge in [0.1, 0.15) is 12.4 Å². The van der Waals surface area contributed by atoms with E-state index in [1.807, 2.05) is 0 Å². The molecule has 0 saturated heterocycles. The molecule has 1 aromatic carbocycles. The summed E-state index contributed by atoms with van der Waals surface area (Å²) in [5, 5.41) is 3.46. The summed E-state index contributed by atoms with van der Waals surface area (Å²) in [7, 11) is 1.68. The molecule has 0 radical (unpaired) electrons. The van der Waals surface area contributed by atoms with E-state index >= 15 is 0 Å². The highest BCUT2D eigenvalue weighted by atomic mass is 16.5. The standard InChI is InChI=1S/C17H24N2O2/c1-4-19-9-5-6-15(19)13-18-16-8-7-14(2)12-17(16)21-11-10-20-3/h5-9,12,18H,4,10-11,13H2,1-3H3. The zero-order chi connectivity index (χ0) is 15.1. The van der Waals surface area contributed by atoms with Gasteiger partial charge < -0.3 is 19.4 Å². The fraction of sp³-hybridized carbons (Fsp3) is 0.412.